The molecule has 1 aromatic heterocycles. The summed E-state index contributed by atoms with van der Waals surface area (Å²) in [6.07, 6.45) is 0.190. The SMILES string of the molecule is COC1CN(C(=O)c2csnn2)C1. The molecule has 6 heteroatoms. The van der Waals surface area contributed by atoms with Crippen molar-refractivity contribution in [2.75, 3.05) is 20.2 Å². The highest BCUT2D eigenvalue weighted by Gasteiger charge is 2.31. The van der Waals surface area contributed by atoms with Gasteiger partial charge in [0, 0.05) is 25.6 Å². The summed E-state index contributed by atoms with van der Waals surface area (Å²) in [5.41, 5.74) is 0.430. The Kier molecular flexibility index (Phi) is 2.24. The third-order valence-corrected chi connectivity index (χ3v) is 2.55. The van der Waals surface area contributed by atoms with Gasteiger partial charge in [0.1, 0.15) is 0 Å². The monoisotopic (exact) mass is 199 g/mol. The number of aromatic nitrogens is 2. The van der Waals surface area contributed by atoms with Crippen LogP contribution in [0.1, 0.15) is 10.5 Å². The van der Waals surface area contributed by atoms with Crippen LogP contribution < -0.4 is 0 Å². The quantitative estimate of drug-likeness (QED) is 0.673. The predicted octanol–water partition coefficient (Wildman–Crippen LogP) is 0.00890. The lowest BCUT2D eigenvalue weighted by Crippen LogP contribution is -2.54. The fourth-order valence-electron chi connectivity index (χ4n) is 1.17. The van der Waals surface area contributed by atoms with Gasteiger partial charge in [-0.25, -0.2) is 0 Å². The van der Waals surface area contributed by atoms with Crippen LogP contribution in [0.5, 0.6) is 0 Å². The van der Waals surface area contributed by atoms with Crippen LogP contribution in [0, 0.1) is 0 Å². The maximum absolute atomic E-state index is 11.5. The molecule has 2 heterocycles. The van der Waals surface area contributed by atoms with E-state index in [9.17, 15) is 4.79 Å². The molecule has 1 amide bonds. The Hall–Kier alpha value is -1.01. The highest BCUT2D eigenvalue weighted by molar-refractivity contribution is 7.03. The van der Waals surface area contributed by atoms with Crippen molar-refractivity contribution in [3.8, 4) is 0 Å². The van der Waals surface area contributed by atoms with E-state index < -0.39 is 0 Å². The number of carbonyl (C=O) groups excluding carboxylic acids is 1. The molecule has 1 aliphatic heterocycles. The summed E-state index contributed by atoms with van der Waals surface area (Å²) < 4.78 is 8.69. The molecule has 70 valence electrons. The van der Waals surface area contributed by atoms with Crippen molar-refractivity contribution >= 4 is 17.4 Å². The Labute approximate surface area is 79.5 Å². The van der Waals surface area contributed by atoms with Crippen molar-refractivity contribution in [2.24, 2.45) is 0 Å². The van der Waals surface area contributed by atoms with Crippen LogP contribution in [-0.4, -0.2) is 46.7 Å². The lowest BCUT2D eigenvalue weighted by Gasteiger charge is -2.37. The molecule has 5 nitrogen and oxygen atoms in total. The molecule has 0 atom stereocenters. The molecular weight excluding hydrogens is 190 g/mol. The molecule has 13 heavy (non-hydrogen) atoms. The summed E-state index contributed by atoms with van der Waals surface area (Å²) >= 11 is 1.19. The predicted molar refractivity (Wildman–Crippen MR) is 46.6 cm³/mol. The summed E-state index contributed by atoms with van der Waals surface area (Å²) in [7, 11) is 1.65. The average Bonchev–Trinajstić information content (AvgIpc) is 2.53. The van der Waals surface area contributed by atoms with Gasteiger partial charge in [0.2, 0.25) is 0 Å². The number of rotatable bonds is 2. The van der Waals surface area contributed by atoms with Crippen LogP contribution in [0.15, 0.2) is 5.38 Å². The molecule has 0 aliphatic carbocycles. The zero-order chi connectivity index (χ0) is 9.26. The van der Waals surface area contributed by atoms with Gasteiger partial charge in [0.25, 0.3) is 5.91 Å². The summed E-state index contributed by atoms with van der Waals surface area (Å²) in [6.45, 7) is 1.32. The molecule has 0 saturated carbocycles. The van der Waals surface area contributed by atoms with Crippen molar-refractivity contribution in [3.05, 3.63) is 11.1 Å². The number of amides is 1. The minimum atomic E-state index is -0.0537. The second kappa shape index (κ2) is 3.39. The molecule has 0 unspecified atom stereocenters. The Balaban J connectivity index is 1.94. The smallest absolute Gasteiger partial charge is 0.275 e. The van der Waals surface area contributed by atoms with Crippen LogP contribution in [0.3, 0.4) is 0 Å². The first-order valence-electron chi connectivity index (χ1n) is 3.90. The first kappa shape index (κ1) is 8.58. The van der Waals surface area contributed by atoms with Crippen LogP contribution in [0.25, 0.3) is 0 Å². The fourth-order valence-corrected chi connectivity index (χ4v) is 1.60. The van der Waals surface area contributed by atoms with Gasteiger partial charge in [-0.3, -0.25) is 4.79 Å². The van der Waals surface area contributed by atoms with Gasteiger partial charge in [0.05, 0.1) is 6.10 Å². The maximum Gasteiger partial charge on any atom is 0.275 e. The molecule has 1 aromatic rings. The van der Waals surface area contributed by atoms with Gasteiger partial charge in [-0.1, -0.05) is 4.49 Å². The van der Waals surface area contributed by atoms with Gasteiger partial charge in [-0.2, -0.15) is 0 Å². The molecule has 0 aromatic carbocycles. The van der Waals surface area contributed by atoms with E-state index in [4.69, 9.17) is 4.74 Å². The van der Waals surface area contributed by atoms with Gasteiger partial charge in [-0.15, -0.1) is 5.10 Å². The van der Waals surface area contributed by atoms with E-state index in [1.807, 2.05) is 0 Å². The van der Waals surface area contributed by atoms with Crippen LogP contribution >= 0.6 is 11.5 Å². The van der Waals surface area contributed by atoms with Crippen LogP contribution in [-0.2, 0) is 4.74 Å². The lowest BCUT2D eigenvalue weighted by molar-refractivity contribution is -0.0194. The molecule has 0 radical (unpaired) electrons. The molecule has 1 saturated heterocycles. The minimum absolute atomic E-state index is 0.0537. The lowest BCUT2D eigenvalue weighted by atomic mass is 10.1. The average molecular weight is 199 g/mol. The van der Waals surface area contributed by atoms with Crippen LogP contribution in [0.2, 0.25) is 0 Å². The number of ether oxygens (including phenoxy) is 1. The largest absolute Gasteiger partial charge is 0.378 e. The van der Waals surface area contributed by atoms with Crippen molar-refractivity contribution in [2.45, 2.75) is 6.10 Å². The Morgan fingerprint density at radius 3 is 3.08 bits per heavy atom. The first-order chi connectivity index (χ1) is 6.31. The van der Waals surface area contributed by atoms with E-state index in [1.54, 1.807) is 17.4 Å². The minimum Gasteiger partial charge on any atom is -0.378 e. The fraction of sp³-hybridized carbons (Fsp3) is 0.571. The molecule has 1 aliphatic rings. The van der Waals surface area contributed by atoms with E-state index in [0.717, 1.165) is 0 Å². The van der Waals surface area contributed by atoms with Crippen molar-refractivity contribution < 1.29 is 9.53 Å². The Morgan fingerprint density at radius 1 is 1.77 bits per heavy atom. The second-order valence-electron chi connectivity index (χ2n) is 2.86. The number of nitrogens with zero attached hydrogens (tertiary/aromatic N) is 3. The highest BCUT2D eigenvalue weighted by Crippen LogP contribution is 2.14. The third kappa shape index (κ3) is 1.54. The number of carbonyl (C=O) groups is 1. The summed E-state index contributed by atoms with van der Waals surface area (Å²) in [5.74, 6) is -0.0537. The number of hydrogen-bond acceptors (Lipinski definition) is 5. The normalized spacial score (nSPS) is 17.2. The third-order valence-electron chi connectivity index (χ3n) is 2.05. The topological polar surface area (TPSA) is 55.3 Å². The molecular formula is C7H9N3O2S. The number of likely N-dealkylation sites (tertiary alicyclic amines) is 1. The van der Waals surface area contributed by atoms with Gasteiger partial charge < -0.3 is 9.64 Å². The second-order valence-corrected chi connectivity index (χ2v) is 3.47. The van der Waals surface area contributed by atoms with E-state index in [0.29, 0.717) is 18.8 Å². The van der Waals surface area contributed by atoms with Crippen LogP contribution in [0.4, 0.5) is 0 Å². The highest BCUT2D eigenvalue weighted by atomic mass is 32.1. The Bertz CT molecular complexity index is 295. The molecule has 0 N–H and O–H groups in total. The maximum atomic E-state index is 11.5. The summed E-state index contributed by atoms with van der Waals surface area (Å²) in [6, 6.07) is 0. The molecule has 0 bridgehead atoms. The molecule has 2 rings (SSSR count). The zero-order valence-electron chi connectivity index (χ0n) is 7.14. The van der Waals surface area contributed by atoms with E-state index in [-0.39, 0.29) is 12.0 Å². The van der Waals surface area contributed by atoms with Gasteiger partial charge in [-0.05, 0) is 11.5 Å². The van der Waals surface area contributed by atoms with E-state index in [1.165, 1.54) is 11.5 Å². The molecule has 0 spiro atoms. The molecule has 1 fully saturated rings. The van der Waals surface area contributed by atoms with Crippen molar-refractivity contribution in [1.29, 1.82) is 0 Å². The van der Waals surface area contributed by atoms with E-state index in [2.05, 4.69) is 9.59 Å². The first-order valence-corrected chi connectivity index (χ1v) is 4.74. The summed E-state index contributed by atoms with van der Waals surface area (Å²) in [5, 5.41) is 5.36. The standard InChI is InChI=1S/C7H9N3O2S/c1-12-5-2-10(3-5)7(11)6-4-13-9-8-6/h4-5H,2-3H2,1H3. The van der Waals surface area contributed by atoms with E-state index >= 15 is 0 Å². The van der Waals surface area contributed by atoms with Gasteiger partial charge >= 0.3 is 0 Å². The summed E-state index contributed by atoms with van der Waals surface area (Å²) in [4.78, 5) is 13.2. The van der Waals surface area contributed by atoms with Gasteiger partial charge in [0.15, 0.2) is 5.69 Å². The van der Waals surface area contributed by atoms with Crippen molar-refractivity contribution in [1.82, 2.24) is 14.5 Å². The number of methoxy groups -OCH3 is 1. The number of hydrogen-bond donors (Lipinski definition) is 0. The Morgan fingerprint density at radius 2 is 2.54 bits per heavy atom. The zero-order valence-corrected chi connectivity index (χ0v) is 7.95. The van der Waals surface area contributed by atoms with Crippen molar-refractivity contribution in [3.63, 3.8) is 0 Å².